The van der Waals surface area contributed by atoms with Crippen molar-refractivity contribution in [2.24, 2.45) is 5.73 Å². The summed E-state index contributed by atoms with van der Waals surface area (Å²) < 4.78 is 19.9. The van der Waals surface area contributed by atoms with E-state index < -0.39 is 0 Å². The highest BCUT2D eigenvalue weighted by molar-refractivity contribution is 9.10. The molecule has 2 aromatic carbocycles. The average molecular weight is 338 g/mol. The van der Waals surface area contributed by atoms with Crippen LogP contribution in [0.15, 0.2) is 53.0 Å². The lowest BCUT2D eigenvalue weighted by atomic mass is 9.96. The maximum atomic E-state index is 13.2. The van der Waals surface area contributed by atoms with Gasteiger partial charge in [-0.1, -0.05) is 34.1 Å². The fourth-order valence-electron chi connectivity index (χ4n) is 2.06. The summed E-state index contributed by atoms with van der Waals surface area (Å²) in [4.78, 5) is 0. The van der Waals surface area contributed by atoms with Crippen molar-refractivity contribution < 1.29 is 9.13 Å². The van der Waals surface area contributed by atoms with E-state index in [4.69, 9.17) is 10.5 Å². The molecule has 0 amide bonds. The van der Waals surface area contributed by atoms with Gasteiger partial charge in [-0.2, -0.15) is 0 Å². The van der Waals surface area contributed by atoms with Gasteiger partial charge in [-0.3, -0.25) is 0 Å². The van der Waals surface area contributed by atoms with Gasteiger partial charge in [0.25, 0.3) is 0 Å². The maximum Gasteiger partial charge on any atom is 0.123 e. The Morgan fingerprint density at radius 3 is 2.65 bits per heavy atom. The van der Waals surface area contributed by atoms with Gasteiger partial charge in [0.2, 0.25) is 0 Å². The zero-order valence-corrected chi connectivity index (χ0v) is 12.6. The first-order valence-corrected chi connectivity index (χ1v) is 7.32. The summed E-state index contributed by atoms with van der Waals surface area (Å²) in [7, 11) is 0. The monoisotopic (exact) mass is 337 g/mol. The Kier molecular flexibility index (Phi) is 5.56. The van der Waals surface area contributed by atoms with Gasteiger partial charge >= 0.3 is 0 Å². The molecule has 106 valence electrons. The van der Waals surface area contributed by atoms with Crippen molar-refractivity contribution in [3.63, 3.8) is 0 Å². The molecule has 0 aliphatic heterocycles. The van der Waals surface area contributed by atoms with E-state index in [1.165, 1.54) is 12.1 Å². The Hall–Kier alpha value is -1.39. The van der Waals surface area contributed by atoms with E-state index >= 15 is 0 Å². The molecule has 0 aliphatic carbocycles. The van der Waals surface area contributed by atoms with Crippen LogP contribution in [-0.2, 0) is 0 Å². The van der Waals surface area contributed by atoms with Crippen LogP contribution in [0, 0.1) is 5.82 Å². The molecule has 2 nitrogen and oxygen atoms in total. The minimum Gasteiger partial charge on any atom is -0.494 e. The zero-order valence-electron chi connectivity index (χ0n) is 11.1. The highest BCUT2D eigenvalue weighted by atomic mass is 79.9. The van der Waals surface area contributed by atoms with Crippen LogP contribution in [0.3, 0.4) is 0 Å². The lowest BCUT2D eigenvalue weighted by molar-refractivity contribution is 0.298. The Morgan fingerprint density at radius 1 is 1.15 bits per heavy atom. The van der Waals surface area contributed by atoms with E-state index in [-0.39, 0.29) is 11.7 Å². The molecular weight excluding hydrogens is 321 g/mol. The Labute approximate surface area is 126 Å². The molecule has 0 aromatic heterocycles. The van der Waals surface area contributed by atoms with Crippen LogP contribution in [0.1, 0.15) is 17.9 Å². The smallest absolute Gasteiger partial charge is 0.123 e. The normalized spacial score (nSPS) is 12.2. The van der Waals surface area contributed by atoms with Gasteiger partial charge in [0.15, 0.2) is 0 Å². The molecule has 0 heterocycles. The molecule has 1 atom stereocenters. The van der Waals surface area contributed by atoms with E-state index in [0.717, 1.165) is 22.2 Å². The van der Waals surface area contributed by atoms with Gasteiger partial charge in [0.1, 0.15) is 11.6 Å². The molecule has 0 aliphatic rings. The largest absolute Gasteiger partial charge is 0.494 e. The van der Waals surface area contributed by atoms with Crippen molar-refractivity contribution in [3.8, 4) is 5.75 Å². The summed E-state index contributed by atoms with van der Waals surface area (Å²) in [6.45, 7) is 1.03. The molecule has 0 spiro atoms. The third-order valence-corrected chi connectivity index (χ3v) is 3.63. The topological polar surface area (TPSA) is 35.2 Å². The molecule has 2 N–H and O–H groups in total. The Morgan fingerprint density at radius 2 is 1.95 bits per heavy atom. The molecule has 4 heteroatoms. The van der Waals surface area contributed by atoms with E-state index in [2.05, 4.69) is 15.9 Å². The first-order chi connectivity index (χ1) is 9.69. The zero-order chi connectivity index (χ0) is 14.4. The highest BCUT2D eigenvalue weighted by Crippen LogP contribution is 2.21. The van der Waals surface area contributed by atoms with Gasteiger partial charge in [-0.15, -0.1) is 0 Å². The summed E-state index contributed by atoms with van der Waals surface area (Å²) in [5.41, 5.74) is 6.69. The molecule has 0 saturated heterocycles. The van der Waals surface area contributed by atoms with Gasteiger partial charge in [-0.25, -0.2) is 4.39 Å². The molecule has 0 bridgehead atoms. The van der Waals surface area contributed by atoms with Crippen molar-refractivity contribution in [1.29, 1.82) is 0 Å². The number of nitrogens with two attached hydrogens (primary N) is 1. The number of ether oxygens (including phenoxy) is 1. The van der Waals surface area contributed by atoms with E-state index in [9.17, 15) is 4.39 Å². The number of hydrogen-bond acceptors (Lipinski definition) is 2. The van der Waals surface area contributed by atoms with Crippen LogP contribution < -0.4 is 10.5 Å². The van der Waals surface area contributed by atoms with E-state index in [1.807, 2.05) is 30.3 Å². The van der Waals surface area contributed by atoms with Gasteiger partial charge in [0, 0.05) is 4.47 Å². The number of rotatable bonds is 6. The average Bonchev–Trinajstić information content (AvgIpc) is 2.44. The van der Waals surface area contributed by atoms with E-state index in [1.54, 1.807) is 6.07 Å². The minimum absolute atomic E-state index is 0.109. The second kappa shape index (κ2) is 7.41. The summed E-state index contributed by atoms with van der Waals surface area (Å²) in [6, 6.07) is 14.3. The molecule has 1 unspecified atom stereocenters. The standard InChI is InChI=1S/C16H17BrFNO/c17-14-4-2-6-16(10-14)20-8-7-13(11-19)12-3-1-5-15(18)9-12/h1-6,9-10,13H,7-8,11,19H2. The maximum absolute atomic E-state index is 13.2. The second-order valence-corrected chi connectivity index (χ2v) is 5.50. The Bertz CT molecular complexity index is 562. The molecule has 0 saturated carbocycles. The lowest BCUT2D eigenvalue weighted by Gasteiger charge is -2.16. The van der Waals surface area contributed by atoms with Gasteiger partial charge < -0.3 is 10.5 Å². The van der Waals surface area contributed by atoms with Crippen LogP contribution in [0.2, 0.25) is 0 Å². The lowest BCUT2D eigenvalue weighted by Crippen LogP contribution is -2.15. The summed E-state index contributed by atoms with van der Waals surface area (Å²) in [5, 5.41) is 0. The van der Waals surface area contributed by atoms with Crippen LogP contribution in [0.4, 0.5) is 4.39 Å². The first kappa shape index (κ1) is 15.0. The SMILES string of the molecule is NCC(CCOc1cccc(Br)c1)c1cccc(F)c1. The first-order valence-electron chi connectivity index (χ1n) is 6.53. The van der Waals surface area contributed by atoms with E-state index in [0.29, 0.717) is 13.2 Å². The van der Waals surface area contributed by atoms with Crippen LogP contribution in [-0.4, -0.2) is 13.2 Å². The predicted molar refractivity (Wildman–Crippen MR) is 82.4 cm³/mol. The van der Waals surface area contributed by atoms with Gasteiger partial charge in [0.05, 0.1) is 6.61 Å². The van der Waals surface area contributed by atoms with Crippen molar-refractivity contribution in [1.82, 2.24) is 0 Å². The molecular formula is C16H17BrFNO. The summed E-state index contributed by atoms with van der Waals surface area (Å²) in [6.07, 6.45) is 0.756. The number of hydrogen-bond donors (Lipinski definition) is 1. The fraction of sp³-hybridized carbons (Fsp3) is 0.250. The number of benzene rings is 2. The van der Waals surface area contributed by atoms with Gasteiger partial charge in [-0.05, 0) is 54.8 Å². The quantitative estimate of drug-likeness (QED) is 0.861. The minimum atomic E-state index is -0.228. The molecule has 2 aromatic rings. The van der Waals surface area contributed by atoms with Crippen LogP contribution >= 0.6 is 15.9 Å². The highest BCUT2D eigenvalue weighted by Gasteiger charge is 2.10. The fourth-order valence-corrected chi connectivity index (χ4v) is 2.44. The van der Waals surface area contributed by atoms with Crippen molar-refractivity contribution in [2.45, 2.75) is 12.3 Å². The third-order valence-electron chi connectivity index (χ3n) is 3.14. The molecule has 2 rings (SSSR count). The number of halogens is 2. The summed E-state index contributed by atoms with van der Waals surface area (Å²) >= 11 is 3.40. The van der Waals surface area contributed by atoms with Crippen molar-refractivity contribution >= 4 is 15.9 Å². The summed E-state index contributed by atoms with van der Waals surface area (Å²) in [5.74, 6) is 0.695. The molecule has 20 heavy (non-hydrogen) atoms. The third kappa shape index (κ3) is 4.32. The predicted octanol–water partition coefficient (Wildman–Crippen LogP) is 4.10. The second-order valence-electron chi connectivity index (χ2n) is 4.58. The Balaban J connectivity index is 1.91. The molecule has 0 radical (unpaired) electrons. The van der Waals surface area contributed by atoms with Crippen molar-refractivity contribution in [3.05, 3.63) is 64.4 Å². The van der Waals surface area contributed by atoms with Crippen LogP contribution in [0.25, 0.3) is 0 Å². The van der Waals surface area contributed by atoms with Crippen molar-refractivity contribution in [2.75, 3.05) is 13.2 Å². The van der Waals surface area contributed by atoms with Crippen LogP contribution in [0.5, 0.6) is 5.75 Å². The molecule has 0 fully saturated rings.